The Morgan fingerprint density at radius 3 is 2.15 bits per heavy atom. The second-order valence-electron chi connectivity index (χ2n) is 9.26. The molecule has 5 rings (SSSR count). The molecule has 0 saturated heterocycles. The molecule has 0 N–H and O–H groups in total. The summed E-state index contributed by atoms with van der Waals surface area (Å²) >= 11 is 0. The molecule has 1 heterocycles. The number of nitrogens with zero attached hydrogens (tertiary/aromatic N) is 1. The largest absolute Gasteiger partial charge is 0.493 e. The smallest absolute Gasteiger partial charge is 0.261 e. The zero-order valence-electron chi connectivity index (χ0n) is 18.9. The number of rotatable bonds is 7. The van der Waals surface area contributed by atoms with Crippen molar-refractivity contribution in [2.45, 2.75) is 44.6 Å². The molecule has 1 aliphatic heterocycles. The number of benzene rings is 3. The van der Waals surface area contributed by atoms with Crippen LogP contribution in [-0.2, 0) is 6.42 Å². The third-order valence-electron chi connectivity index (χ3n) is 7.07. The van der Waals surface area contributed by atoms with Crippen molar-refractivity contribution in [1.82, 2.24) is 4.90 Å². The van der Waals surface area contributed by atoms with E-state index in [1.807, 2.05) is 30.3 Å². The second kappa shape index (κ2) is 9.22. The van der Waals surface area contributed by atoms with Gasteiger partial charge in [0.05, 0.1) is 17.7 Å². The van der Waals surface area contributed by atoms with Gasteiger partial charge in [0.2, 0.25) is 0 Å². The van der Waals surface area contributed by atoms with Crippen molar-refractivity contribution in [3.8, 4) is 5.75 Å². The van der Waals surface area contributed by atoms with E-state index in [1.54, 1.807) is 12.1 Å². The van der Waals surface area contributed by atoms with Gasteiger partial charge in [-0.1, -0.05) is 67.9 Å². The Morgan fingerprint density at radius 1 is 0.848 bits per heavy atom. The van der Waals surface area contributed by atoms with Crippen LogP contribution in [0, 0.1) is 5.92 Å². The first kappa shape index (κ1) is 21.4. The van der Waals surface area contributed by atoms with Crippen LogP contribution >= 0.6 is 0 Å². The van der Waals surface area contributed by atoms with Gasteiger partial charge >= 0.3 is 0 Å². The molecule has 3 unspecified atom stereocenters. The predicted molar refractivity (Wildman–Crippen MR) is 129 cm³/mol. The van der Waals surface area contributed by atoms with E-state index in [9.17, 15) is 9.59 Å². The van der Waals surface area contributed by atoms with Gasteiger partial charge in [0.15, 0.2) is 0 Å². The zero-order chi connectivity index (χ0) is 22.8. The van der Waals surface area contributed by atoms with Crippen LogP contribution in [0.5, 0.6) is 5.75 Å². The van der Waals surface area contributed by atoms with E-state index in [1.165, 1.54) is 16.0 Å². The highest BCUT2D eigenvalue weighted by Crippen LogP contribution is 2.36. The molecule has 1 saturated carbocycles. The molecule has 1 fully saturated rings. The summed E-state index contributed by atoms with van der Waals surface area (Å²) in [6, 6.07) is 25.9. The van der Waals surface area contributed by atoms with Gasteiger partial charge in [-0.3, -0.25) is 14.5 Å². The molecule has 1 aliphatic carbocycles. The topological polar surface area (TPSA) is 46.6 Å². The molecular weight excluding hydrogens is 410 g/mol. The third kappa shape index (κ3) is 4.30. The van der Waals surface area contributed by atoms with Gasteiger partial charge in [0.1, 0.15) is 5.75 Å². The summed E-state index contributed by atoms with van der Waals surface area (Å²) in [5.74, 6) is 1.12. The minimum atomic E-state index is -0.163. The minimum Gasteiger partial charge on any atom is -0.493 e. The highest BCUT2D eigenvalue weighted by atomic mass is 16.5. The highest BCUT2D eigenvalue weighted by molar-refractivity contribution is 6.21. The van der Waals surface area contributed by atoms with E-state index < -0.39 is 0 Å². The van der Waals surface area contributed by atoms with Gasteiger partial charge in [-0.05, 0) is 60.6 Å². The fraction of sp³-hybridized carbons (Fsp3) is 0.310. The first-order chi connectivity index (χ1) is 16.1. The fourth-order valence-corrected chi connectivity index (χ4v) is 5.24. The summed E-state index contributed by atoms with van der Waals surface area (Å²) in [6.45, 7) is 2.76. The van der Waals surface area contributed by atoms with Crippen molar-refractivity contribution in [2.24, 2.45) is 5.92 Å². The maximum absolute atomic E-state index is 12.9. The van der Waals surface area contributed by atoms with Crippen LogP contribution in [0.15, 0.2) is 78.9 Å². The van der Waals surface area contributed by atoms with E-state index in [0.29, 0.717) is 23.7 Å². The monoisotopic (exact) mass is 439 g/mol. The number of carbonyl (C=O) groups is 2. The normalized spacial score (nSPS) is 20.7. The van der Waals surface area contributed by atoms with Gasteiger partial charge in [-0.2, -0.15) is 0 Å². The Balaban J connectivity index is 1.20. The van der Waals surface area contributed by atoms with E-state index in [4.69, 9.17) is 4.74 Å². The predicted octanol–water partition coefficient (Wildman–Crippen LogP) is 5.88. The maximum Gasteiger partial charge on any atom is 0.261 e. The van der Waals surface area contributed by atoms with E-state index in [2.05, 4.69) is 43.3 Å². The van der Waals surface area contributed by atoms with Crippen LogP contribution in [0.4, 0.5) is 0 Å². The van der Waals surface area contributed by atoms with Crippen LogP contribution < -0.4 is 4.74 Å². The molecule has 168 valence electrons. The van der Waals surface area contributed by atoms with Gasteiger partial charge in [0.25, 0.3) is 11.8 Å². The molecule has 0 radical (unpaired) electrons. The Kier molecular flexibility index (Phi) is 5.99. The lowest BCUT2D eigenvalue weighted by Gasteiger charge is -2.28. The summed E-state index contributed by atoms with van der Waals surface area (Å²) in [4.78, 5) is 27.3. The van der Waals surface area contributed by atoms with Crippen molar-refractivity contribution in [3.63, 3.8) is 0 Å². The van der Waals surface area contributed by atoms with E-state index >= 15 is 0 Å². The zero-order valence-corrected chi connectivity index (χ0v) is 18.9. The van der Waals surface area contributed by atoms with Gasteiger partial charge < -0.3 is 4.74 Å². The second-order valence-corrected chi connectivity index (χ2v) is 9.26. The van der Waals surface area contributed by atoms with Crippen molar-refractivity contribution >= 4 is 11.8 Å². The van der Waals surface area contributed by atoms with Crippen LogP contribution in [0.25, 0.3) is 0 Å². The van der Waals surface area contributed by atoms with Gasteiger partial charge in [0, 0.05) is 12.0 Å². The lowest BCUT2D eigenvalue weighted by molar-refractivity contribution is 0.0522. The van der Waals surface area contributed by atoms with E-state index in [0.717, 1.165) is 31.4 Å². The Hall–Kier alpha value is -3.40. The molecule has 33 heavy (non-hydrogen) atoms. The minimum absolute atomic E-state index is 0.0941. The summed E-state index contributed by atoms with van der Waals surface area (Å²) < 4.78 is 6.12. The van der Waals surface area contributed by atoms with E-state index in [-0.39, 0.29) is 23.8 Å². The molecule has 0 bridgehead atoms. The number of hydrogen-bond acceptors (Lipinski definition) is 3. The van der Waals surface area contributed by atoms with Crippen molar-refractivity contribution in [2.75, 3.05) is 6.61 Å². The first-order valence-corrected chi connectivity index (χ1v) is 11.9. The Morgan fingerprint density at radius 2 is 1.48 bits per heavy atom. The van der Waals surface area contributed by atoms with Crippen molar-refractivity contribution in [3.05, 3.63) is 101 Å². The molecular formula is C29H29NO3. The Labute approximate surface area is 195 Å². The standard InChI is InChI=1S/C29H29NO3/c1-20(22-8-3-2-4-9-22)18-21-14-16-24(17-15-21)33-19-23-10-7-13-27(23)30-28(31)25-11-5-6-12-26(25)29(30)32/h2-6,8-9,11-12,14-17,20,23,27H,7,10,13,18-19H2,1H3. The number of carbonyl (C=O) groups excluding carboxylic acids is 2. The van der Waals surface area contributed by atoms with Crippen LogP contribution in [-0.4, -0.2) is 29.4 Å². The summed E-state index contributed by atoms with van der Waals surface area (Å²) in [5, 5.41) is 0. The van der Waals surface area contributed by atoms with Gasteiger partial charge in [-0.15, -0.1) is 0 Å². The quantitative estimate of drug-likeness (QED) is 0.432. The van der Waals surface area contributed by atoms with Crippen LogP contribution in [0.1, 0.15) is 63.9 Å². The molecule has 4 heteroatoms. The molecule has 3 aromatic carbocycles. The molecule has 0 aromatic heterocycles. The average molecular weight is 440 g/mol. The lowest BCUT2D eigenvalue weighted by atomic mass is 9.94. The highest BCUT2D eigenvalue weighted by Gasteiger charge is 2.44. The molecule has 0 spiro atoms. The summed E-state index contributed by atoms with van der Waals surface area (Å²) in [7, 11) is 0. The maximum atomic E-state index is 12.9. The van der Waals surface area contributed by atoms with Crippen molar-refractivity contribution in [1.29, 1.82) is 0 Å². The first-order valence-electron chi connectivity index (χ1n) is 11.9. The molecule has 3 atom stereocenters. The lowest BCUT2D eigenvalue weighted by Crippen LogP contribution is -2.43. The Bertz CT molecular complexity index is 1100. The third-order valence-corrected chi connectivity index (χ3v) is 7.07. The number of ether oxygens (including phenoxy) is 1. The molecule has 4 nitrogen and oxygen atoms in total. The average Bonchev–Trinajstić information content (AvgIpc) is 3.41. The van der Waals surface area contributed by atoms with Crippen LogP contribution in [0.2, 0.25) is 0 Å². The number of fused-ring (bicyclic) bond motifs is 1. The summed E-state index contributed by atoms with van der Waals surface area (Å²) in [5.41, 5.74) is 3.67. The number of imide groups is 1. The fourth-order valence-electron chi connectivity index (χ4n) is 5.24. The molecule has 2 amide bonds. The molecule has 2 aliphatic rings. The van der Waals surface area contributed by atoms with Crippen LogP contribution in [0.3, 0.4) is 0 Å². The van der Waals surface area contributed by atoms with Crippen molar-refractivity contribution < 1.29 is 14.3 Å². The SMILES string of the molecule is CC(Cc1ccc(OCC2CCCC2N2C(=O)c3ccccc3C2=O)cc1)c1ccccc1. The molecule has 3 aromatic rings. The number of amides is 2. The summed E-state index contributed by atoms with van der Waals surface area (Å²) in [6.07, 6.45) is 3.79. The van der Waals surface area contributed by atoms with Gasteiger partial charge in [-0.25, -0.2) is 0 Å². The number of hydrogen-bond donors (Lipinski definition) is 0.